The Kier molecular flexibility index (Phi) is 7.85. The smallest absolute Gasteiger partial charge is 0.324 e. The van der Waals surface area contributed by atoms with Gasteiger partial charge in [-0.3, -0.25) is 9.69 Å². The summed E-state index contributed by atoms with van der Waals surface area (Å²) in [5.74, 6) is -0.373. The van der Waals surface area contributed by atoms with Crippen LogP contribution in [0.15, 0.2) is 0 Å². The molecule has 0 aromatic heterocycles. The summed E-state index contributed by atoms with van der Waals surface area (Å²) >= 11 is 4.24. The lowest BCUT2D eigenvalue weighted by atomic mass is 9.95. The number of hydrogen-bond acceptors (Lipinski definition) is 3. The highest BCUT2D eigenvalue weighted by molar-refractivity contribution is 7.80. The van der Waals surface area contributed by atoms with Gasteiger partial charge in [-0.25, -0.2) is 0 Å². The van der Waals surface area contributed by atoms with Crippen LogP contribution in [0.5, 0.6) is 0 Å². The van der Waals surface area contributed by atoms with Crippen molar-refractivity contribution < 1.29 is 9.90 Å². The highest BCUT2D eigenvalue weighted by Gasteiger charge is 2.40. The largest absolute Gasteiger partial charge is 0.480 e. The van der Waals surface area contributed by atoms with E-state index >= 15 is 0 Å². The fraction of sp³-hybridized carbons (Fsp3) is 0.917. The van der Waals surface area contributed by atoms with Gasteiger partial charge < -0.3 is 5.11 Å². The standard InChI is InChI=1S/C12H25NO2S/c1-4-7-8-9-13(6-3)12(5-2,10-16)11(14)15/h16H,4-10H2,1-3H3,(H,14,15). The first-order chi connectivity index (χ1) is 7.58. The van der Waals surface area contributed by atoms with Crippen molar-refractivity contribution in [2.45, 2.75) is 52.0 Å². The van der Waals surface area contributed by atoms with Gasteiger partial charge in [0.2, 0.25) is 0 Å². The summed E-state index contributed by atoms with van der Waals surface area (Å²) in [6.45, 7) is 7.71. The van der Waals surface area contributed by atoms with Gasteiger partial charge in [0.25, 0.3) is 0 Å². The molecule has 0 aliphatic rings. The number of aliphatic carboxylic acids is 1. The van der Waals surface area contributed by atoms with Gasteiger partial charge in [0.1, 0.15) is 5.54 Å². The molecule has 0 fully saturated rings. The number of carboxylic acid groups (broad SMARTS) is 1. The maximum Gasteiger partial charge on any atom is 0.324 e. The third-order valence-corrected chi connectivity index (χ3v) is 3.79. The van der Waals surface area contributed by atoms with E-state index in [0.29, 0.717) is 12.2 Å². The fourth-order valence-corrected chi connectivity index (χ4v) is 2.58. The lowest BCUT2D eigenvalue weighted by Crippen LogP contribution is -2.56. The van der Waals surface area contributed by atoms with Gasteiger partial charge in [0.15, 0.2) is 0 Å². The molecular formula is C12H25NO2S. The normalized spacial score (nSPS) is 15.1. The third-order valence-electron chi connectivity index (χ3n) is 3.26. The SMILES string of the molecule is CCCCCN(CC)C(CC)(CS)C(=O)O. The molecule has 16 heavy (non-hydrogen) atoms. The van der Waals surface area contributed by atoms with Crippen LogP contribution in [0.3, 0.4) is 0 Å². The molecule has 0 aromatic carbocycles. The number of carboxylic acids is 1. The predicted molar refractivity (Wildman–Crippen MR) is 71.3 cm³/mol. The Balaban J connectivity index is 4.64. The summed E-state index contributed by atoms with van der Waals surface area (Å²) < 4.78 is 0. The molecule has 3 nitrogen and oxygen atoms in total. The van der Waals surface area contributed by atoms with Gasteiger partial charge in [-0.1, -0.05) is 33.6 Å². The van der Waals surface area contributed by atoms with E-state index in [1.54, 1.807) is 0 Å². The maximum atomic E-state index is 11.4. The molecule has 0 spiro atoms. The lowest BCUT2D eigenvalue weighted by molar-refractivity contribution is -0.150. The minimum Gasteiger partial charge on any atom is -0.480 e. The van der Waals surface area contributed by atoms with Crippen LogP contribution in [0.1, 0.15) is 46.5 Å². The number of nitrogens with zero attached hydrogens (tertiary/aromatic N) is 1. The van der Waals surface area contributed by atoms with E-state index in [1.165, 1.54) is 0 Å². The summed E-state index contributed by atoms with van der Waals surface area (Å²) in [4.78, 5) is 13.5. The van der Waals surface area contributed by atoms with Crippen LogP contribution in [-0.2, 0) is 4.79 Å². The molecule has 4 heteroatoms. The molecule has 96 valence electrons. The predicted octanol–water partition coefficient (Wildman–Crippen LogP) is 2.66. The summed E-state index contributed by atoms with van der Waals surface area (Å²) in [6.07, 6.45) is 3.98. The summed E-state index contributed by atoms with van der Waals surface area (Å²) in [5.41, 5.74) is -0.786. The van der Waals surface area contributed by atoms with Crippen LogP contribution in [0.4, 0.5) is 0 Å². The highest BCUT2D eigenvalue weighted by atomic mass is 32.1. The topological polar surface area (TPSA) is 40.5 Å². The molecule has 0 radical (unpaired) electrons. The van der Waals surface area contributed by atoms with Crippen LogP contribution in [0, 0.1) is 0 Å². The van der Waals surface area contributed by atoms with Crippen molar-refractivity contribution in [3.63, 3.8) is 0 Å². The van der Waals surface area contributed by atoms with Crippen molar-refractivity contribution in [3.05, 3.63) is 0 Å². The van der Waals surface area contributed by atoms with Crippen molar-refractivity contribution >= 4 is 18.6 Å². The fourth-order valence-electron chi connectivity index (χ4n) is 2.02. The molecular weight excluding hydrogens is 222 g/mol. The Morgan fingerprint density at radius 2 is 1.94 bits per heavy atom. The minimum absolute atomic E-state index is 0.374. The first-order valence-corrected chi connectivity index (χ1v) is 6.81. The average molecular weight is 247 g/mol. The number of unbranched alkanes of at least 4 members (excludes halogenated alkanes) is 2. The van der Waals surface area contributed by atoms with E-state index in [9.17, 15) is 9.90 Å². The first kappa shape index (κ1) is 15.8. The zero-order chi connectivity index (χ0) is 12.6. The van der Waals surface area contributed by atoms with Gasteiger partial charge in [-0.2, -0.15) is 12.6 Å². The van der Waals surface area contributed by atoms with Gasteiger partial charge in [0.05, 0.1) is 0 Å². The number of carbonyl (C=O) groups is 1. The van der Waals surface area contributed by atoms with E-state index in [-0.39, 0.29) is 0 Å². The van der Waals surface area contributed by atoms with Crippen molar-refractivity contribution in [2.24, 2.45) is 0 Å². The van der Waals surface area contributed by atoms with E-state index in [2.05, 4.69) is 24.5 Å². The summed E-state index contributed by atoms with van der Waals surface area (Å²) in [6, 6.07) is 0. The number of thiol groups is 1. The molecule has 1 unspecified atom stereocenters. The van der Waals surface area contributed by atoms with Crippen LogP contribution in [-0.4, -0.2) is 40.4 Å². The van der Waals surface area contributed by atoms with Gasteiger partial charge in [-0.05, 0) is 25.9 Å². The highest BCUT2D eigenvalue weighted by Crippen LogP contribution is 2.22. The Morgan fingerprint density at radius 3 is 2.25 bits per heavy atom. The Bertz CT molecular complexity index is 205. The zero-order valence-electron chi connectivity index (χ0n) is 10.7. The molecule has 0 aromatic rings. The molecule has 1 atom stereocenters. The Hall–Kier alpha value is -0.220. The van der Waals surface area contributed by atoms with E-state index in [4.69, 9.17) is 0 Å². The summed E-state index contributed by atoms with van der Waals surface area (Å²) in [7, 11) is 0. The molecule has 0 rings (SSSR count). The van der Waals surface area contributed by atoms with Crippen molar-refractivity contribution in [1.29, 1.82) is 0 Å². The molecule has 0 heterocycles. The maximum absolute atomic E-state index is 11.4. The van der Waals surface area contributed by atoms with Crippen LogP contribution < -0.4 is 0 Å². The van der Waals surface area contributed by atoms with Crippen LogP contribution in [0.25, 0.3) is 0 Å². The third kappa shape index (κ3) is 3.67. The number of hydrogen-bond donors (Lipinski definition) is 2. The van der Waals surface area contributed by atoms with E-state index < -0.39 is 11.5 Å². The van der Waals surface area contributed by atoms with Crippen molar-refractivity contribution in [2.75, 3.05) is 18.8 Å². The first-order valence-electron chi connectivity index (χ1n) is 6.18. The zero-order valence-corrected chi connectivity index (χ0v) is 11.6. The molecule has 0 saturated carbocycles. The summed E-state index contributed by atoms with van der Waals surface area (Å²) in [5, 5.41) is 9.39. The van der Waals surface area contributed by atoms with Crippen molar-refractivity contribution in [1.82, 2.24) is 4.90 Å². The molecule has 0 aliphatic carbocycles. The lowest BCUT2D eigenvalue weighted by Gasteiger charge is -2.38. The van der Waals surface area contributed by atoms with E-state index in [0.717, 1.165) is 32.4 Å². The molecule has 1 N–H and O–H groups in total. The average Bonchev–Trinajstić information content (AvgIpc) is 2.28. The monoisotopic (exact) mass is 247 g/mol. The molecule has 0 bridgehead atoms. The number of likely N-dealkylation sites (N-methyl/N-ethyl adjacent to an activating group) is 1. The second-order valence-electron chi connectivity index (χ2n) is 4.14. The molecule has 0 amide bonds. The van der Waals surface area contributed by atoms with Crippen LogP contribution in [0.2, 0.25) is 0 Å². The minimum atomic E-state index is -0.786. The molecule has 0 saturated heterocycles. The number of rotatable bonds is 9. The van der Waals surface area contributed by atoms with E-state index in [1.807, 2.05) is 13.8 Å². The van der Waals surface area contributed by atoms with Crippen LogP contribution >= 0.6 is 12.6 Å². The quantitative estimate of drug-likeness (QED) is 0.486. The van der Waals surface area contributed by atoms with Crippen molar-refractivity contribution in [3.8, 4) is 0 Å². The Morgan fingerprint density at radius 1 is 1.31 bits per heavy atom. The van der Waals surface area contributed by atoms with Gasteiger partial charge >= 0.3 is 5.97 Å². The molecule has 0 aliphatic heterocycles. The van der Waals surface area contributed by atoms with Gasteiger partial charge in [0, 0.05) is 5.75 Å². The Labute approximate surface area is 105 Å². The second-order valence-corrected chi connectivity index (χ2v) is 4.45. The second kappa shape index (κ2) is 7.96. The van der Waals surface area contributed by atoms with Gasteiger partial charge in [-0.15, -0.1) is 0 Å².